The average molecular weight is 669 g/mol. The molecule has 0 bridgehead atoms. The summed E-state index contributed by atoms with van der Waals surface area (Å²) in [6, 6.07) is 11.7. The highest BCUT2D eigenvalue weighted by atomic mass is 16.6. The fraction of sp³-hybridized carbons (Fsp3) is 0.564. The van der Waals surface area contributed by atoms with Gasteiger partial charge in [-0.15, -0.1) is 0 Å². The lowest BCUT2D eigenvalue weighted by Gasteiger charge is -2.44. The third-order valence-corrected chi connectivity index (χ3v) is 8.86. The standard InChI is InChI=1S/C39H56O9/c1-10-38(5,6)28-39(7,37(2,3)4)36(42)47-24-14-12-11-13-23-45-31-19-17-30(18-20-31)35(41)48-32-21-15-29(27-33(32)44-9)16-22-34(40)46-26-25-43-8/h15-22,27H,10-14,23-26,28H2,1-9H3/b22-16+. The third-order valence-electron chi connectivity index (χ3n) is 8.86. The number of hydrogen-bond donors (Lipinski definition) is 0. The van der Waals surface area contributed by atoms with Crippen molar-refractivity contribution < 1.29 is 42.8 Å². The van der Waals surface area contributed by atoms with E-state index in [4.69, 9.17) is 28.4 Å². The number of carbonyl (C=O) groups is 3. The molecule has 0 heterocycles. The van der Waals surface area contributed by atoms with Crippen LogP contribution in [0.25, 0.3) is 6.08 Å². The number of ether oxygens (including phenoxy) is 6. The molecule has 0 aliphatic carbocycles. The Morgan fingerprint density at radius 3 is 2.02 bits per heavy atom. The number of hydrogen-bond acceptors (Lipinski definition) is 9. The first-order chi connectivity index (χ1) is 22.7. The van der Waals surface area contributed by atoms with Gasteiger partial charge in [-0.1, -0.05) is 54.0 Å². The van der Waals surface area contributed by atoms with E-state index in [1.165, 1.54) is 20.3 Å². The van der Waals surface area contributed by atoms with Crippen LogP contribution in [0.2, 0.25) is 0 Å². The molecule has 9 heteroatoms. The van der Waals surface area contributed by atoms with Gasteiger partial charge in [0.1, 0.15) is 12.4 Å². The van der Waals surface area contributed by atoms with Gasteiger partial charge >= 0.3 is 17.9 Å². The topological polar surface area (TPSA) is 107 Å². The predicted octanol–water partition coefficient (Wildman–Crippen LogP) is 8.48. The molecule has 0 fully saturated rings. The fourth-order valence-corrected chi connectivity index (χ4v) is 4.95. The Kier molecular flexibility index (Phi) is 16.1. The molecule has 0 spiro atoms. The minimum atomic E-state index is -0.549. The van der Waals surface area contributed by atoms with Gasteiger partial charge in [0.05, 0.1) is 37.9 Å². The molecular weight excluding hydrogens is 612 g/mol. The molecule has 2 rings (SSSR count). The van der Waals surface area contributed by atoms with Gasteiger partial charge in [0.2, 0.25) is 0 Å². The summed E-state index contributed by atoms with van der Waals surface area (Å²) in [4.78, 5) is 37.7. The van der Waals surface area contributed by atoms with E-state index in [1.54, 1.807) is 48.5 Å². The van der Waals surface area contributed by atoms with Crippen LogP contribution in [0.15, 0.2) is 48.5 Å². The van der Waals surface area contributed by atoms with E-state index in [9.17, 15) is 14.4 Å². The minimum Gasteiger partial charge on any atom is -0.494 e. The van der Waals surface area contributed by atoms with E-state index in [1.807, 2.05) is 6.92 Å². The van der Waals surface area contributed by atoms with Crippen LogP contribution >= 0.6 is 0 Å². The van der Waals surface area contributed by atoms with E-state index in [0.717, 1.165) is 38.5 Å². The average Bonchev–Trinajstić information content (AvgIpc) is 3.04. The molecule has 1 unspecified atom stereocenters. The molecule has 48 heavy (non-hydrogen) atoms. The monoisotopic (exact) mass is 668 g/mol. The highest BCUT2D eigenvalue weighted by Gasteiger charge is 2.48. The van der Waals surface area contributed by atoms with E-state index in [0.29, 0.717) is 42.4 Å². The van der Waals surface area contributed by atoms with E-state index >= 15 is 0 Å². The fourth-order valence-electron chi connectivity index (χ4n) is 4.95. The molecule has 0 amide bonds. The summed E-state index contributed by atoms with van der Waals surface area (Å²) in [5, 5.41) is 0. The lowest BCUT2D eigenvalue weighted by atomic mass is 9.60. The summed E-state index contributed by atoms with van der Waals surface area (Å²) in [6.07, 6.45) is 8.25. The Hall–Kier alpha value is -3.85. The van der Waals surface area contributed by atoms with Crippen LogP contribution in [-0.4, -0.2) is 58.6 Å². The Morgan fingerprint density at radius 1 is 0.750 bits per heavy atom. The first-order valence-corrected chi connectivity index (χ1v) is 16.8. The highest BCUT2D eigenvalue weighted by Crippen LogP contribution is 2.48. The second-order valence-electron chi connectivity index (χ2n) is 14.0. The zero-order valence-corrected chi connectivity index (χ0v) is 30.4. The van der Waals surface area contributed by atoms with Crippen LogP contribution in [0.5, 0.6) is 17.2 Å². The molecule has 0 aliphatic rings. The zero-order chi connectivity index (χ0) is 35.8. The summed E-state index contributed by atoms with van der Waals surface area (Å²) in [7, 11) is 3.00. The van der Waals surface area contributed by atoms with Crippen molar-refractivity contribution in [1.82, 2.24) is 0 Å². The normalized spacial score (nSPS) is 13.1. The molecule has 0 radical (unpaired) electrons. The van der Waals surface area contributed by atoms with E-state index in [-0.39, 0.29) is 29.2 Å². The molecule has 0 saturated heterocycles. The third kappa shape index (κ3) is 13.0. The van der Waals surface area contributed by atoms with Crippen molar-refractivity contribution in [3.63, 3.8) is 0 Å². The number of carbonyl (C=O) groups excluding carboxylic acids is 3. The van der Waals surface area contributed by atoms with Crippen molar-refractivity contribution in [3.8, 4) is 17.2 Å². The Labute approximate surface area is 287 Å². The second kappa shape index (κ2) is 19.2. The molecular formula is C39H56O9. The van der Waals surface area contributed by atoms with E-state index < -0.39 is 17.4 Å². The lowest BCUT2D eigenvalue weighted by molar-refractivity contribution is -0.165. The Bertz CT molecular complexity index is 1340. The van der Waals surface area contributed by atoms with Gasteiger partial charge in [-0.2, -0.15) is 0 Å². The zero-order valence-electron chi connectivity index (χ0n) is 30.4. The van der Waals surface area contributed by atoms with Gasteiger partial charge in [-0.25, -0.2) is 9.59 Å². The number of benzene rings is 2. The van der Waals surface area contributed by atoms with Crippen LogP contribution < -0.4 is 14.2 Å². The van der Waals surface area contributed by atoms with Crippen LogP contribution in [-0.2, 0) is 23.8 Å². The molecule has 0 saturated carbocycles. The van der Waals surface area contributed by atoms with Crippen molar-refractivity contribution in [2.45, 2.75) is 87.0 Å². The molecule has 1 atom stereocenters. The summed E-state index contributed by atoms with van der Waals surface area (Å²) in [5.74, 6) is 0.118. The molecule has 2 aromatic rings. The first kappa shape index (κ1) is 40.3. The van der Waals surface area contributed by atoms with Crippen LogP contribution in [0.4, 0.5) is 0 Å². The van der Waals surface area contributed by atoms with Crippen LogP contribution in [0.1, 0.15) is 103 Å². The Balaban J connectivity index is 1.76. The SMILES string of the molecule is CCC(C)(C)CC(C)(C(=O)OCCCCCCOc1ccc(C(=O)Oc2ccc(/C=C/C(=O)OCCOC)cc2OC)cc1)C(C)(C)C. The number of esters is 3. The molecule has 9 nitrogen and oxygen atoms in total. The molecule has 2 aromatic carbocycles. The van der Waals surface area contributed by atoms with Crippen molar-refractivity contribution in [3.05, 3.63) is 59.7 Å². The van der Waals surface area contributed by atoms with Crippen LogP contribution in [0.3, 0.4) is 0 Å². The molecule has 0 aliphatic heterocycles. The van der Waals surface area contributed by atoms with Gasteiger partial charge < -0.3 is 28.4 Å². The minimum absolute atomic E-state index is 0.0656. The number of unbranched alkanes of at least 4 members (excludes halogenated alkanes) is 3. The summed E-state index contributed by atoms with van der Waals surface area (Å²) in [5.41, 5.74) is 0.354. The molecule has 266 valence electrons. The quantitative estimate of drug-likeness (QED) is 0.0594. The Morgan fingerprint density at radius 2 is 1.42 bits per heavy atom. The van der Waals surface area contributed by atoms with Crippen molar-refractivity contribution in [2.75, 3.05) is 40.6 Å². The van der Waals surface area contributed by atoms with E-state index in [2.05, 4.69) is 41.5 Å². The van der Waals surface area contributed by atoms with Crippen molar-refractivity contribution in [1.29, 1.82) is 0 Å². The van der Waals surface area contributed by atoms with Crippen LogP contribution in [0, 0.1) is 16.2 Å². The van der Waals surface area contributed by atoms with Gasteiger partial charge in [-0.05, 0) is 97.9 Å². The summed E-state index contributed by atoms with van der Waals surface area (Å²) >= 11 is 0. The van der Waals surface area contributed by atoms with Gasteiger partial charge in [0.25, 0.3) is 0 Å². The number of methoxy groups -OCH3 is 2. The first-order valence-electron chi connectivity index (χ1n) is 16.8. The van der Waals surface area contributed by atoms with Crippen molar-refractivity contribution >= 4 is 24.0 Å². The maximum absolute atomic E-state index is 13.2. The molecule has 0 aromatic heterocycles. The van der Waals surface area contributed by atoms with Crippen molar-refractivity contribution in [2.24, 2.45) is 16.2 Å². The van der Waals surface area contributed by atoms with Gasteiger partial charge in [0.15, 0.2) is 11.5 Å². The summed E-state index contributed by atoms with van der Waals surface area (Å²) in [6.45, 7) is 16.4. The second-order valence-corrected chi connectivity index (χ2v) is 14.0. The summed E-state index contributed by atoms with van der Waals surface area (Å²) < 4.78 is 32.4. The lowest BCUT2D eigenvalue weighted by Crippen LogP contribution is -2.44. The number of rotatable bonds is 20. The highest BCUT2D eigenvalue weighted by molar-refractivity contribution is 5.91. The van der Waals surface area contributed by atoms with Gasteiger partial charge in [-0.3, -0.25) is 4.79 Å². The predicted molar refractivity (Wildman–Crippen MR) is 187 cm³/mol. The smallest absolute Gasteiger partial charge is 0.343 e. The maximum Gasteiger partial charge on any atom is 0.343 e. The maximum atomic E-state index is 13.2. The molecule has 0 N–H and O–H groups in total. The largest absolute Gasteiger partial charge is 0.494 e. The van der Waals surface area contributed by atoms with Gasteiger partial charge in [0, 0.05) is 13.2 Å².